The maximum Gasteiger partial charge on any atom is 0.151 e. The number of rotatable bonds is 7. The molecule has 0 aliphatic carbocycles. The van der Waals surface area contributed by atoms with Gasteiger partial charge in [-0.1, -0.05) is 6.92 Å². The molecule has 1 N–H and O–H groups in total. The number of hydrogen-bond acceptors (Lipinski definition) is 4. The van der Waals surface area contributed by atoms with Crippen LogP contribution >= 0.6 is 11.3 Å². The minimum Gasteiger partial charge on any atom is -0.313 e. The Kier molecular flexibility index (Phi) is 5.44. The van der Waals surface area contributed by atoms with Crippen molar-refractivity contribution in [3.05, 3.63) is 22.4 Å². The van der Waals surface area contributed by atoms with Crippen molar-refractivity contribution in [1.82, 2.24) is 5.32 Å². The first-order valence-corrected chi connectivity index (χ1v) is 8.25. The van der Waals surface area contributed by atoms with Gasteiger partial charge in [-0.15, -0.1) is 0 Å². The number of hydrogen-bond donors (Lipinski definition) is 1. The number of nitrogens with one attached hydrogen (secondary N) is 1. The van der Waals surface area contributed by atoms with Gasteiger partial charge in [0.15, 0.2) is 9.84 Å². The van der Waals surface area contributed by atoms with E-state index in [9.17, 15) is 8.42 Å². The highest BCUT2D eigenvalue weighted by molar-refractivity contribution is 7.91. The molecule has 16 heavy (non-hydrogen) atoms. The van der Waals surface area contributed by atoms with Crippen LogP contribution in [0.25, 0.3) is 0 Å². The number of sulfone groups is 1. The van der Waals surface area contributed by atoms with Gasteiger partial charge in [0.05, 0.1) is 5.75 Å². The molecule has 0 radical (unpaired) electrons. The molecule has 1 atom stereocenters. The summed E-state index contributed by atoms with van der Waals surface area (Å²) in [6.07, 6.45) is 0.958. The van der Waals surface area contributed by atoms with E-state index in [2.05, 4.69) is 22.1 Å². The summed E-state index contributed by atoms with van der Waals surface area (Å²) in [6.45, 7) is 4.44. The van der Waals surface area contributed by atoms with Crippen LogP contribution in [0.4, 0.5) is 0 Å². The molecule has 0 saturated heterocycles. The molecule has 5 heteroatoms. The quantitative estimate of drug-likeness (QED) is 0.812. The summed E-state index contributed by atoms with van der Waals surface area (Å²) in [5.74, 6) is 0.455. The second-order valence-electron chi connectivity index (χ2n) is 3.94. The smallest absolute Gasteiger partial charge is 0.151 e. The van der Waals surface area contributed by atoms with Crippen molar-refractivity contribution in [2.45, 2.75) is 26.3 Å². The van der Waals surface area contributed by atoms with E-state index in [1.54, 1.807) is 18.3 Å². The third kappa shape index (κ3) is 5.09. The fourth-order valence-electron chi connectivity index (χ4n) is 1.46. The summed E-state index contributed by atoms with van der Waals surface area (Å²) in [4.78, 5) is 0. The lowest BCUT2D eigenvalue weighted by atomic mass is 10.2. The largest absolute Gasteiger partial charge is 0.313 e. The summed E-state index contributed by atoms with van der Waals surface area (Å²) >= 11 is 1.69. The molecule has 0 bridgehead atoms. The molecule has 1 rings (SSSR count). The van der Waals surface area contributed by atoms with Gasteiger partial charge < -0.3 is 5.32 Å². The molecule has 1 aromatic heterocycles. The van der Waals surface area contributed by atoms with E-state index in [1.807, 2.05) is 6.92 Å². The van der Waals surface area contributed by atoms with Crippen LogP contribution in [0.1, 0.15) is 19.4 Å². The highest BCUT2D eigenvalue weighted by atomic mass is 32.2. The van der Waals surface area contributed by atoms with E-state index in [-0.39, 0.29) is 17.5 Å². The summed E-state index contributed by atoms with van der Waals surface area (Å²) in [6, 6.07) is 2.13. The summed E-state index contributed by atoms with van der Waals surface area (Å²) in [5, 5.41) is 7.41. The fourth-order valence-corrected chi connectivity index (χ4v) is 3.27. The van der Waals surface area contributed by atoms with Crippen LogP contribution in [-0.4, -0.2) is 32.5 Å². The SMILES string of the molecule is CCS(=O)(=O)CC(C)NCCc1ccsc1. The van der Waals surface area contributed by atoms with E-state index in [0.29, 0.717) is 0 Å². The van der Waals surface area contributed by atoms with Crippen LogP contribution in [0.5, 0.6) is 0 Å². The predicted octanol–water partition coefficient (Wildman–Crippen LogP) is 1.70. The molecule has 0 aliphatic heterocycles. The van der Waals surface area contributed by atoms with Gasteiger partial charge in [-0.25, -0.2) is 8.42 Å². The first-order valence-electron chi connectivity index (χ1n) is 5.48. The molecule has 1 unspecified atom stereocenters. The third-order valence-corrected chi connectivity index (χ3v) is 5.05. The van der Waals surface area contributed by atoms with Crippen molar-refractivity contribution in [1.29, 1.82) is 0 Å². The Morgan fingerprint density at radius 2 is 2.25 bits per heavy atom. The van der Waals surface area contributed by atoms with Crippen molar-refractivity contribution in [3.63, 3.8) is 0 Å². The van der Waals surface area contributed by atoms with Crippen molar-refractivity contribution < 1.29 is 8.42 Å². The second-order valence-corrected chi connectivity index (χ2v) is 7.11. The van der Waals surface area contributed by atoms with Crippen molar-refractivity contribution in [2.24, 2.45) is 0 Å². The first kappa shape index (κ1) is 13.7. The second kappa shape index (κ2) is 6.37. The van der Waals surface area contributed by atoms with Crippen LogP contribution in [0.15, 0.2) is 16.8 Å². The molecule has 0 saturated carbocycles. The predicted molar refractivity (Wildman–Crippen MR) is 69.8 cm³/mol. The van der Waals surface area contributed by atoms with Crippen LogP contribution in [0, 0.1) is 0 Å². The molecule has 1 aromatic rings. The van der Waals surface area contributed by atoms with Gasteiger partial charge in [0.1, 0.15) is 0 Å². The van der Waals surface area contributed by atoms with Gasteiger partial charge in [0, 0.05) is 11.8 Å². The van der Waals surface area contributed by atoms with Crippen molar-refractivity contribution in [2.75, 3.05) is 18.1 Å². The zero-order chi connectivity index (χ0) is 12.0. The Hall–Kier alpha value is -0.390. The van der Waals surface area contributed by atoms with Crippen LogP contribution in [-0.2, 0) is 16.3 Å². The van der Waals surface area contributed by atoms with Gasteiger partial charge in [-0.05, 0) is 42.3 Å². The van der Waals surface area contributed by atoms with Gasteiger partial charge in [0.2, 0.25) is 0 Å². The first-order chi connectivity index (χ1) is 7.53. The Morgan fingerprint density at radius 1 is 1.50 bits per heavy atom. The Morgan fingerprint density at radius 3 is 2.81 bits per heavy atom. The summed E-state index contributed by atoms with van der Waals surface area (Å²) in [5.41, 5.74) is 1.31. The van der Waals surface area contributed by atoms with Gasteiger partial charge in [0.25, 0.3) is 0 Å². The van der Waals surface area contributed by atoms with Crippen LogP contribution in [0.2, 0.25) is 0 Å². The highest BCUT2D eigenvalue weighted by Gasteiger charge is 2.12. The summed E-state index contributed by atoms with van der Waals surface area (Å²) < 4.78 is 22.7. The molecular formula is C11H19NO2S2. The van der Waals surface area contributed by atoms with Gasteiger partial charge in [-0.2, -0.15) is 11.3 Å². The standard InChI is InChI=1S/C11H19NO2S2/c1-3-16(13,14)9-10(2)12-6-4-11-5-7-15-8-11/h5,7-8,10,12H,3-4,6,9H2,1-2H3. The van der Waals surface area contributed by atoms with Crippen molar-refractivity contribution in [3.8, 4) is 0 Å². The van der Waals surface area contributed by atoms with Gasteiger partial charge >= 0.3 is 0 Å². The summed E-state index contributed by atoms with van der Waals surface area (Å²) in [7, 11) is -2.86. The lowest BCUT2D eigenvalue weighted by molar-refractivity contribution is 0.559. The number of thiophene rings is 1. The molecule has 0 aromatic carbocycles. The molecule has 92 valence electrons. The van der Waals surface area contributed by atoms with E-state index in [1.165, 1.54) is 5.56 Å². The Balaban J connectivity index is 2.23. The molecule has 0 amide bonds. The average Bonchev–Trinajstić information content (AvgIpc) is 2.70. The normalized spacial score (nSPS) is 13.9. The minimum absolute atomic E-state index is 0.0311. The molecule has 0 aliphatic rings. The molecule has 3 nitrogen and oxygen atoms in total. The van der Waals surface area contributed by atoms with Crippen LogP contribution in [0.3, 0.4) is 0 Å². The maximum absolute atomic E-state index is 11.4. The molecule has 0 spiro atoms. The third-order valence-electron chi connectivity index (χ3n) is 2.43. The van der Waals surface area contributed by atoms with E-state index < -0.39 is 9.84 Å². The Labute approximate surface area is 102 Å². The van der Waals surface area contributed by atoms with E-state index in [4.69, 9.17) is 0 Å². The lowest BCUT2D eigenvalue weighted by Gasteiger charge is -2.12. The van der Waals surface area contributed by atoms with Crippen LogP contribution < -0.4 is 5.32 Å². The fraction of sp³-hybridized carbons (Fsp3) is 0.636. The zero-order valence-corrected chi connectivity index (χ0v) is 11.4. The molecular weight excluding hydrogens is 242 g/mol. The van der Waals surface area contributed by atoms with E-state index >= 15 is 0 Å². The van der Waals surface area contributed by atoms with Crippen molar-refractivity contribution >= 4 is 21.2 Å². The Bertz CT molecular complexity index is 384. The molecule has 1 heterocycles. The minimum atomic E-state index is -2.86. The average molecular weight is 261 g/mol. The lowest BCUT2D eigenvalue weighted by Crippen LogP contribution is -2.34. The highest BCUT2D eigenvalue weighted by Crippen LogP contribution is 2.05. The van der Waals surface area contributed by atoms with Gasteiger partial charge in [-0.3, -0.25) is 0 Å². The zero-order valence-electron chi connectivity index (χ0n) is 9.77. The molecule has 0 fully saturated rings. The van der Waals surface area contributed by atoms with E-state index in [0.717, 1.165) is 13.0 Å². The monoisotopic (exact) mass is 261 g/mol. The maximum atomic E-state index is 11.4. The topological polar surface area (TPSA) is 46.2 Å².